The number of ether oxygens (including phenoxy) is 1. The van der Waals surface area contributed by atoms with Crippen molar-refractivity contribution in [2.24, 2.45) is 13.0 Å². The van der Waals surface area contributed by atoms with Crippen LogP contribution >= 0.6 is 0 Å². The lowest BCUT2D eigenvalue weighted by Crippen LogP contribution is -2.35. The van der Waals surface area contributed by atoms with Crippen molar-refractivity contribution in [2.45, 2.75) is 56.7 Å². The van der Waals surface area contributed by atoms with E-state index < -0.39 is 6.10 Å². The third-order valence-electron chi connectivity index (χ3n) is 5.08. The maximum atomic E-state index is 11.9. The van der Waals surface area contributed by atoms with Crippen LogP contribution in [0.1, 0.15) is 50.3 Å². The van der Waals surface area contributed by atoms with E-state index >= 15 is 0 Å². The Balaban J connectivity index is 1.41. The second-order valence-corrected chi connectivity index (χ2v) is 6.82. The van der Waals surface area contributed by atoms with E-state index in [-0.39, 0.29) is 30.5 Å². The zero-order chi connectivity index (χ0) is 16.2. The number of aliphatic hydroxyl groups excluding tert-OH is 1. The quantitative estimate of drug-likeness (QED) is 0.806. The number of nitrogens with zero attached hydrogens (tertiary/aromatic N) is 3. The summed E-state index contributed by atoms with van der Waals surface area (Å²) in [6.45, 7) is 0.614. The molecule has 3 atom stereocenters. The molecule has 0 unspecified atom stereocenters. The van der Waals surface area contributed by atoms with Gasteiger partial charge in [-0.05, 0) is 25.7 Å². The molecule has 0 saturated heterocycles. The van der Waals surface area contributed by atoms with Crippen LogP contribution in [0.5, 0.6) is 0 Å². The number of hydrogen-bond donors (Lipinski definition) is 2. The van der Waals surface area contributed by atoms with E-state index in [9.17, 15) is 9.90 Å². The predicted molar refractivity (Wildman–Crippen MR) is 83.7 cm³/mol. The van der Waals surface area contributed by atoms with Crippen molar-refractivity contribution < 1.29 is 14.6 Å². The van der Waals surface area contributed by atoms with Crippen LogP contribution < -0.4 is 5.32 Å². The second kappa shape index (κ2) is 7.40. The van der Waals surface area contributed by atoms with E-state index in [0.717, 1.165) is 25.1 Å². The molecule has 0 spiro atoms. The molecule has 1 amide bonds. The lowest BCUT2D eigenvalue weighted by Gasteiger charge is -2.16. The minimum atomic E-state index is -0.409. The first-order valence-corrected chi connectivity index (χ1v) is 8.53. The van der Waals surface area contributed by atoms with Crippen LogP contribution in [-0.2, 0) is 16.6 Å². The number of nitrogens with one attached hydrogen (secondary N) is 1. The first kappa shape index (κ1) is 16.4. The summed E-state index contributed by atoms with van der Waals surface area (Å²) >= 11 is 0. The average molecular weight is 322 g/mol. The van der Waals surface area contributed by atoms with Gasteiger partial charge < -0.3 is 19.7 Å². The van der Waals surface area contributed by atoms with Crippen LogP contribution in [-0.4, -0.2) is 51.1 Å². The molecule has 7 heteroatoms. The molecule has 7 nitrogen and oxygen atoms in total. The number of aromatic nitrogens is 3. The summed E-state index contributed by atoms with van der Waals surface area (Å²) < 4.78 is 7.50. The molecule has 1 aromatic rings. The Hall–Kier alpha value is -1.47. The van der Waals surface area contributed by atoms with Gasteiger partial charge in [0, 0.05) is 25.4 Å². The highest BCUT2D eigenvalue weighted by Crippen LogP contribution is 2.37. The first-order chi connectivity index (χ1) is 11.1. The fourth-order valence-electron chi connectivity index (χ4n) is 3.74. The Morgan fingerprint density at radius 2 is 2.22 bits per heavy atom. The van der Waals surface area contributed by atoms with Gasteiger partial charge in [0.15, 0.2) is 0 Å². The van der Waals surface area contributed by atoms with Crippen LogP contribution in [0.15, 0.2) is 6.33 Å². The van der Waals surface area contributed by atoms with Crippen molar-refractivity contribution in [2.75, 3.05) is 13.2 Å². The Labute approximate surface area is 136 Å². The Morgan fingerprint density at radius 3 is 2.91 bits per heavy atom. The van der Waals surface area contributed by atoms with E-state index in [4.69, 9.17) is 4.74 Å². The number of aliphatic hydroxyl groups is 1. The first-order valence-electron chi connectivity index (χ1n) is 8.53. The van der Waals surface area contributed by atoms with Crippen LogP contribution in [0.25, 0.3) is 0 Å². The van der Waals surface area contributed by atoms with Crippen molar-refractivity contribution in [3.63, 3.8) is 0 Å². The number of carbonyl (C=O) groups excluding carboxylic acids is 1. The van der Waals surface area contributed by atoms with Gasteiger partial charge in [-0.1, -0.05) is 12.8 Å². The molecule has 3 rings (SSSR count). The van der Waals surface area contributed by atoms with Crippen LogP contribution in [0.3, 0.4) is 0 Å². The molecule has 2 fully saturated rings. The molecule has 2 aliphatic rings. The van der Waals surface area contributed by atoms with Crippen LogP contribution in [0, 0.1) is 5.92 Å². The third-order valence-corrected chi connectivity index (χ3v) is 5.08. The zero-order valence-electron chi connectivity index (χ0n) is 13.6. The molecule has 0 radical (unpaired) electrons. The Bertz CT molecular complexity index is 527. The molecule has 1 aromatic heterocycles. The molecular weight excluding hydrogens is 296 g/mol. The molecule has 2 aliphatic carbocycles. The van der Waals surface area contributed by atoms with E-state index in [0.29, 0.717) is 13.0 Å². The highest BCUT2D eigenvalue weighted by Gasteiger charge is 2.36. The zero-order valence-corrected chi connectivity index (χ0v) is 13.6. The number of carbonyl (C=O) groups is 1. The van der Waals surface area contributed by atoms with Gasteiger partial charge in [-0.25, -0.2) is 0 Å². The maximum absolute atomic E-state index is 11.9. The maximum Gasteiger partial charge on any atom is 0.246 e. The fraction of sp³-hybridized carbons (Fsp3) is 0.812. The molecular formula is C16H26N4O3. The number of aryl methyl sites for hydroxylation is 1. The molecule has 23 heavy (non-hydrogen) atoms. The van der Waals surface area contributed by atoms with Crippen LogP contribution in [0.4, 0.5) is 0 Å². The largest absolute Gasteiger partial charge is 0.393 e. The molecule has 2 N–H and O–H groups in total. The van der Waals surface area contributed by atoms with Gasteiger partial charge in [0.05, 0.1) is 12.2 Å². The monoisotopic (exact) mass is 322 g/mol. The van der Waals surface area contributed by atoms with Crippen molar-refractivity contribution in [3.8, 4) is 0 Å². The molecule has 1 heterocycles. The van der Waals surface area contributed by atoms with Crippen LogP contribution in [0.2, 0.25) is 0 Å². The summed E-state index contributed by atoms with van der Waals surface area (Å²) in [6, 6.07) is 0. The standard InChI is InChI=1S/C16H26N4O3/c1-20-10-18-19-16(20)11-6-12(14(21)7-11)8-17-15(22)9-23-13-4-2-3-5-13/h10-14,21H,2-9H2,1H3,(H,17,22)/t11-,12+,14+/m0/s1. The predicted octanol–water partition coefficient (Wildman–Crippen LogP) is 0.745. The van der Waals surface area contributed by atoms with Gasteiger partial charge in [-0.2, -0.15) is 0 Å². The summed E-state index contributed by atoms with van der Waals surface area (Å²) in [4.78, 5) is 11.9. The van der Waals surface area contributed by atoms with Gasteiger partial charge >= 0.3 is 0 Å². The highest BCUT2D eigenvalue weighted by molar-refractivity contribution is 5.77. The van der Waals surface area contributed by atoms with Gasteiger partial charge in [0.2, 0.25) is 5.91 Å². The molecule has 0 aromatic carbocycles. The van der Waals surface area contributed by atoms with Crippen molar-refractivity contribution in [1.29, 1.82) is 0 Å². The fourth-order valence-corrected chi connectivity index (χ4v) is 3.74. The summed E-state index contributed by atoms with van der Waals surface area (Å²) in [5.74, 6) is 1.08. The SMILES string of the molecule is Cn1cnnc1[C@H]1C[C@H](CNC(=O)COC2CCCC2)[C@H](O)C1. The third kappa shape index (κ3) is 4.09. The van der Waals surface area contributed by atoms with E-state index in [1.54, 1.807) is 6.33 Å². The molecule has 128 valence electrons. The smallest absolute Gasteiger partial charge is 0.246 e. The number of amides is 1. The van der Waals surface area contributed by atoms with Gasteiger partial charge in [-0.3, -0.25) is 4.79 Å². The minimum Gasteiger partial charge on any atom is -0.393 e. The van der Waals surface area contributed by atoms with Crippen molar-refractivity contribution in [3.05, 3.63) is 12.2 Å². The topological polar surface area (TPSA) is 89.3 Å². The van der Waals surface area contributed by atoms with Gasteiger partial charge in [0.25, 0.3) is 0 Å². The summed E-state index contributed by atoms with van der Waals surface area (Å²) in [5.41, 5.74) is 0. The second-order valence-electron chi connectivity index (χ2n) is 6.82. The average Bonchev–Trinajstić information content (AvgIpc) is 3.24. The van der Waals surface area contributed by atoms with E-state index in [1.807, 2.05) is 11.6 Å². The molecule has 0 bridgehead atoms. The lowest BCUT2D eigenvalue weighted by molar-refractivity contribution is -0.127. The summed E-state index contributed by atoms with van der Waals surface area (Å²) in [5, 5.41) is 21.1. The molecule has 2 saturated carbocycles. The number of hydrogen-bond acceptors (Lipinski definition) is 5. The van der Waals surface area contributed by atoms with Crippen molar-refractivity contribution in [1.82, 2.24) is 20.1 Å². The van der Waals surface area contributed by atoms with E-state index in [2.05, 4.69) is 15.5 Å². The van der Waals surface area contributed by atoms with E-state index in [1.165, 1.54) is 12.8 Å². The highest BCUT2D eigenvalue weighted by atomic mass is 16.5. The summed E-state index contributed by atoms with van der Waals surface area (Å²) in [6.07, 6.45) is 7.53. The molecule has 0 aliphatic heterocycles. The Kier molecular flexibility index (Phi) is 5.27. The lowest BCUT2D eigenvalue weighted by atomic mass is 10.0. The van der Waals surface area contributed by atoms with Crippen molar-refractivity contribution >= 4 is 5.91 Å². The normalized spacial score (nSPS) is 28.3. The summed E-state index contributed by atoms with van der Waals surface area (Å²) in [7, 11) is 1.91. The number of rotatable bonds is 6. The van der Waals surface area contributed by atoms with Gasteiger partial charge in [-0.15, -0.1) is 10.2 Å². The Morgan fingerprint density at radius 1 is 1.43 bits per heavy atom. The van der Waals surface area contributed by atoms with Gasteiger partial charge in [0.1, 0.15) is 18.8 Å². The minimum absolute atomic E-state index is 0.0622.